The molecule has 0 atom stereocenters. The Bertz CT molecular complexity index is 947. The standard InChI is InChI=1S/C20H21ClN4O/c1-13-18(12-14-4-6-15(21)7-5-14)19(26)24-20(22-13)23-16-8-10-17(11-9-16)25(2)3/h4-11H,12H2,1-3H3,(H2,22,23,24,26). The fourth-order valence-corrected chi connectivity index (χ4v) is 2.79. The molecule has 0 spiro atoms. The van der Waals surface area contributed by atoms with Crippen molar-refractivity contribution >= 4 is 28.9 Å². The lowest BCUT2D eigenvalue weighted by molar-refractivity contribution is 0.986. The van der Waals surface area contributed by atoms with Crippen molar-refractivity contribution in [1.29, 1.82) is 0 Å². The quantitative estimate of drug-likeness (QED) is 0.710. The Balaban J connectivity index is 1.80. The minimum atomic E-state index is -0.139. The molecule has 0 aliphatic carbocycles. The summed E-state index contributed by atoms with van der Waals surface area (Å²) in [5.74, 6) is 0.435. The van der Waals surface area contributed by atoms with E-state index in [1.807, 2.05) is 74.4 Å². The van der Waals surface area contributed by atoms with Crippen molar-refractivity contribution in [2.45, 2.75) is 13.3 Å². The molecule has 6 heteroatoms. The third-order valence-electron chi connectivity index (χ3n) is 4.16. The van der Waals surface area contributed by atoms with Crippen LogP contribution in [0.25, 0.3) is 0 Å². The molecule has 0 saturated heterocycles. The average Bonchev–Trinajstić information content (AvgIpc) is 2.60. The lowest BCUT2D eigenvalue weighted by Gasteiger charge is -2.13. The topological polar surface area (TPSA) is 61.0 Å². The van der Waals surface area contributed by atoms with E-state index in [9.17, 15) is 4.79 Å². The van der Waals surface area contributed by atoms with Gasteiger partial charge >= 0.3 is 0 Å². The average molecular weight is 369 g/mol. The first kappa shape index (κ1) is 18.0. The van der Waals surface area contributed by atoms with Crippen molar-refractivity contribution in [3.63, 3.8) is 0 Å². The molecule has 3 rings (SSSR count). The molecule has 2 N–H and O–H groups in total. The van der Waals surface area contributed by atoms with Gasteiger partial charge in [0.1, 0.15) is 0 Å². The van der Waals surface area contributed by atoms with Crippen molar-refractivity contribution in [2.75, 3.05) is 24.3 Å². The first-order valence-electron chi connectivity index (χ1n) is 8.31. The van der Waals surface area contributed by atoms with Crippen LogP contribution in [0.4, 0.5) is 17.3 Å². The summed E-state index contributed by atoms with van der Waals surface area (Å²) >= 11 is 5.91. The van der Waals surface area contributed by atoms with Gasteiger partial charge in [0.05, 0.1) is 5.69 Å². The summed E-state index contributed by atoms with van der Waals surface area (Å²) in [6, 6.07) is 15.4. The largest absolute Gasteiger partial charge is 0.378 e. The number of nitrogens with one attached hydrogen (secondary N) is 2. The predicted molar refractivity (Wildman–Crippen MR) is 108 cm³/mol. The van der Waals surface area contributed by atoms with E-state index in [0.717, 1.165) is 16.9 Å². The van der Waals surface area contributed by atoms with Crippen molar-refractivity contribution in [3.05, 3.63) is 80.7 Å². The van der Waals surface area contributed by atoms with Gasteiger partial charge in [-0.1, -0.05) is 23.7 Å². The molecular formula is C20H21ClN4O. The predicted octanol–water partition coefficient (Wildman–Crippen LogP) is 4.13. The van der Waals surface area contributed by atoms with E-state index in [1.54, 1.807) is 0 Å². The number of benzene rings is 2. The van der Waals surface area contributed by atoms with E-state index < -0.39 is 0 Å². The van der Waals surface area contributed by atoms with Crippen LogP contribution in [-0.4, -0.2) is 24.1 Å². The highest BCUT2D eigenvalue weighted by atomic mass is 35.5. The van der Waals surface area contributed by atoms with Crippen LogP contribution in [0.3, 0.4) is 0 Å². The summed E-state index contributed by atoms with van der Waals surface area (Å²) in [5.41, 5.74) is 4.21. The Morgan fingerprint density at radius 2 is 1.73 bits per heavy atom. The number of aromatic nitrogens is 2. The summed E-state index contributed by atoms with van der Waals surface area (Å²) in [4.78, 5) is 21.8. The van der Waals surface area contributed by atoms with E-state index in [-0.39, 0.29) is 5.56 Å². The summed E-state index contributed by atoms with van der Waals surface area (Å²) in [6.45, 7) is 1.85. The second-order valence-corrected chi connectivity index (χ2v) is 6.78. The Hall–Kier alpha value is -2.79. The van der Waals surface area contributed by atoms with E-state index in [0.29, 0.717) is 28.6 Å². The summed E-state index contributed by atoms with van der Waals surface area (Å²) in [5, 5.41) is 3.83. The van der Waals surface area contributed by atoms with Crippen LogP contribution in [0, 0.1) is 6.92 Å². The fraction of sp³-hybridized carbons (Fsp3) is 0.200. The van der Waals surface area contributed by atoms with Gasteiger partial charge in [0.25, 0.3) is 5.56 Å². The van der Waals surface area contributed by atoms with Gasteiger partial charge in [-0.2, -0.15) is 0 Å². The number of hydrogen-bond donors (Lipinski definition) is 2. The Morgan fingerprint density at radius 1 is 1.08 bits per heavy atom. The molecule has 3 aromatic rings. The summed E-state index contributed by atoms with van der Waals surface area (Å²) in [7, 11) is 3.98. The molecular weight excluding hydrogens is 348 g/mol. The Kier molecular flexibility index (Phi) is 5.28. The van der Waals surface area contributed by atoms with Gasteiger partial charge in [-0.25, -0.2) is 4.98 Å². The van der Waals surface area contributed by atoms with Gasteiger partial charge in [0.15, 0.2) is 0 Å². The zero-order valence-corrected chi connectivity index (χ0v) is 15.8. The minimum absolute atomic E-state index is 0.139. The van der Waals surface area contributed by atoms with Crippen LogP contribution in [-0.2, 0) is 6.42 Å². The van der Waals surface area contributed by atoms with Crippen LogP contribution < -0.4 is 15.8 Å². The first-order chi connectivity index (χ1) is 12.4. The highest BCUT2D eigenvalue weighted by Gasteiger charge is 2.09. The van der Waals surface area contributed by atoms with Gasteiger partial charge in [0.2, 0.25) is 5.95 Å². The Morgan fingerprint density at radius 3 is 2.31 bits per heavy atom. The van der Waals surface area contributed by atoms with E-state index in [1.165, 1.54) is 0 Å². The number of aromatic amines is 1. The van der Waals surface area contributed by atoms with E-state index in [2.05, 4.69) is 15.3 Å². The normalized spacial score (nSPS) is 10.6. The number of rotatable bonds is 5. The molecule has 0 fully saturated rings. The molecule has 0 unspecified atom stereocenters. The van der Waals surface area contributed by atoms with Crippen molar-refractivity contribution in [3.8, 4) is 0 Å². The molecule has 0 aliphatic rings. The number of halogens is 1. The van der Waals surface area contributed by atoms with Crippen molar-refractivity contribution in [2.24, 2.45) is 0 Å². The molecule has 0 aliphatic heterocycles. The molecule has 26 heavy (non-hydrogen) atoms. The zero-order chi connectivity index (χ0) is 18.7. The maximum absolute atomic E-state index is 12.5. The van der Waals surface area contributed by atoms with Gasteiger partial charge < -0.3 is 10.2 Å². The van der Waals surface area contributed by atoms with Crippen LogP contribution in [0.2, 0.25) is 5.02 Å². The van der Waals surface area contributed by atoms with Crippen molar-refractivity contribution < 1.29 is 0 Å². The van der Waals surface area contributed by atoms with Crippen LogP contribution in [0.15, 0.2) is 53.3 Å². The monoisotopic (exact) mass is 368 g/mol. The van der Waals surface area contributed by atoms with Gasteiger partial charge in [0, 0.05) is 42.5 Å². The molecule has 0 saturated carbocycles. The zero-order valence-electron chi connectivity index (χ0n) is 15.0. The highest BCUT2D eigenvalue weighted by Crippen LogP contribution is 2.19. The number of H-pyrrole nitrogens is 1. The number of aryl methyl sites for hydroxylation is 1. The van der Waals surface area contributed by atoms with Crippen LogP contribution >= 0.6 is 11.6 Å². The first-order valence-corrected chi connectivity index (χ1v) is 8.69. The molecule has 1 aromatic heterocycles. The molecule has 134 valence electrons. The molecule has 0 amide bonds. The SMILES string of the molecule is Cc1nc(Nc2ccc(N(C)C)cc2)[nH]c(=O)c1Cc1ccc(Cl)cc1. The van der Waals surface area contributed by atoms with E-state index in [4.69, 9.17) is 11.6 Å². The molecule has 5 nitrogen and oxygen atoms in total. The number of hydrogen-bond acceptors (Lipinski definition) is 4. The van der Waals surface area contributed by atoms with Gasteiger partial charge in [-0.05, 0) is 48.9 Å². The smallest absolute Gasteiger partial charge is 0.256 e. The third-order valence-corrected chi connectivity index (χ3v) is 4.41. The lowest BCUT2D eigenvalue weighted by Crippen LogP contribution is -2.18. The summed E-state index contributed by atoms with van der Waals surface area (Å²) < 4.78 is 0. The van der Waals surface area contributed by atoms with Crippen molar-refractivity contribution in [1.82, 2.24) is 9.97 Å². The van der Waals surface area contributed by atoms with Gasteiger partial charge in [-0.3, -0.25) is 9.78 Å². The highest BCUT2D eigenvalue weighted by molar-refractivity contribution is 6.30. The second-order valence-electron chi connectivity index (χ2n) is 6.35. The van der Waals surface area contributed by atoms with E-state index >= 15 is 0 Å². The minimum Gasteiger partial charge on any atom is -0.378 e. The number of nitrogens with zero attached hydrogens (tertiary/aromatic N) is 2. The maximum atomic E-state index is 12.5. The van der Waals surface area contributed by atoms with Gasteiger partial charge in [-0.15, -0.1) is 0 Å². The third kappa shape index (κ3) is 4.24. The Labute approximate surface area is 157 Å². The molecule has 1 heterocycles. The summed E-state index contributed by atoms with van der Waals surface area (Å²) in [6.07, 6.45) is 0.517. The fourth-order valence-electron chi connectivity index (χ4n) is 2.66. The molecule has 0 radical (unpaired) electrons. The molecule has 0 bridgehead atoms. The molecule has 2 aromatic carbocycles. The lowest BCUT2D eigenvalue weighted by atomic mass is 10.1. The van der Waals surface area contributed by atoms with Crippen LogP contribution in [0.5, 0.6) is 0 Å². The second kappa shape index (κ2) is 7.62. The maximum Gasteiger partial charge on any atom is 0.256 e. The number of anilines is 3. The van der Waals surface area contributed by atoms with Crippen LogP contribution in [0.1, 0.15) is 16.8 Å².